The quantitative estimate of drug-likeness (QED) is 0.564. The Morgan fingerprint density at radius 3 is 2.15 bits per heavy atom. The standard InChI is InChI=1S/C20H28/c1-14(2)15(3)12-16(4)17(5)18-10-9-11-19(13-18)20(6,7)8/h9-13H,5H2,1-4,6-8H3/b16-12-. The molecular weight excluding hydrogens is 240 g/mol. The van der Waals surface area contributed by atoms with Gasteiger partial charge >= 0.3 is 0 Å². The summed E-state index contributed by atoms with van der Waals surface area (Å²) < 4.78 is 0. The van der Waals surface area contributed by atoms with E-state index in [-0.39, 0.29) is 5.41 Å². The third kappa shape index (κ3) is 4.23. The second-order valence-electron chi connectivity index (χ2n) is 6.82. The van der Waals surface area contributed by atoms with Crippen molar-refractivity contribution in [3.8, 4) is 0 Å². The Balaban J connectivity index is 3.14. The van der Waals surface area contributed by atoms with E-state index in [1.807, 2.05) is 0 Å². The van der Waals surface area contributed by atoms with Gasteiger partial charge in [0.1, 0.15) is 0 Å². The summed E-state index contributed by atoms with van der Waals surface area (Å²) in [6.45, 7) is 19.6. The number of hydrogen-bond donors (Lipinski definition) is 0. The van der Waals surface area contributed by atoms with E-state index in [1.54, 1.807) is 0 Å². The molecule has 0 heteroatoms. The van der Waals surface area contributed by atoms with E-state index in [2.05, 4.69) is 85.4 Å². The summed E-state index contributed by atoms with van der Waals surface area (Å²) in [5, 5.41) is 0. The van der Waals surface area contributed by atoms with Gasteiger partial charge < -0.3 is 0 Å². The third-order valence-electron chi connectivity index (χ3n) is 3.77. The monoisotopic (exact) mass is 268 g/mol. The summed E-state index contributed by atoms with van der Waals surface area (Å²) >= 11 is 0. The van der Waals surface area contributed by atoms with Crippen molar-refractivity contribution in [1.82, 2.24) is 0 Å². The van der Waals surface area contributed by atoms with Crippen LogP contribution in [0.2, 0.25) is 0 Å². The zero-order valence-electron chi connectivity index (χ0n) is 14.1. The van der Waals surface area contributed by atoms with Crippen LogP contribution >= 0.6 is 0 Å². The normalized spacial score (nSPS) is 12.2. The Morgan fingerprint density at radius 1 is 1.05 bits per heavy atom. The Bertz CT molecular complexity index is 556. The Labute approximate surface area is 124 Å². The zero-order chi connectivity index (χ0) is 15.5. The van der Waals surface area contributed by atoms with Gasteiger partial charge in [0.25, 0.3) is 0 Å². The maximum atomic E-state index is 4.27. The Kier molecular flexibility index (Phi) is 5.16. The van der Waals surface area contributed by atoms with Crippen molar-refractivity contribution >= 4 is 5.57 Å². The lowest BCUT2D eigenvalue weighted by molar-refractivity contribution is 0.590. The van der Waals surface area contributed by atoms with Gasteiger partial charge in [0.15, 0.2) is 0 Å². The average Bonchev–Trinajstić information content (AvgIpc) is 2.36. The van der Waals surface area contributed by atoms with E-state index in [9.17, 15) is 0 Å². The van der Waals surface area contributed by atoms with Crippen LogP contribution < -0.4 is 0 Å². The molecule has 20 heavy (non-hydrogen) atoms. The molecule has 0 N–H and O–H groups in total. The van der Waals surface area contributed by atoms with Gasteiger partial charge in [-0.3, -0.25) is 0 Å². The predicted octanol–water partition coefficient (Wildman–Crippen LogP) is 6.30. The minimum atomic E-state index is 0.170. The molecule has 0 heterocycles. The largest absolute Gasteiger partial charge is 0.0909 e. The minimum absolute atomic E-state index is 0.170. The molecule has 0 fully saturated rings. The van der Waals surface area contributed by atoms with Crippen molar-refractivity contribution in [2.45, 2.75) is 53.9 Å². The second kappa shape index (κ2) is 6.26. The molecule has 0 aliphatic carbocycles. The molecule has 0 bridgehead atoms. The molecular formula is C20H28. The van der Waals surface area contributed by atoms with Gasteiger partial charge in [0.2, 0.25) is 0 Å². The van der Waals surface area contributed by atoms with Crippen LogP contribution in [0.5, 0.6) is 0 Å². The number of benzene rings is 1. The molecule has 1 aromatic rings. The fourth-order valence-corrected chi connectivity index (χ4v) is 1.96. The van der Waals surface area contributed by atoms with Crippen LogP contribution in [0.3, 0.4) is 0 Å². The topological polar surface area (TPSA) is 0 Å². The number of allylic oxidation sites excluding steroid dienone is 5. The van der Waals surface area contributed by atoms with E-state index in [0.717, 1.165) is 5.57 Å². The van der Waals surface area contributed by atoms with Crippen molar-refractivity contribution < 1.29 is 0 Å². The molecule has 108 valence electrons. The average molecular weight is 268 g/mol. The van der Waals surface area contributed by atoms with Gasteiger partial charge in [0.05, 0.1) is 0 Å². The molecule has 0 unspecified atom stereocenters. The molecule has 0 atom stereocenters. The van der Waals surface area contributed by atoms with Crippen molar-refractivity contribution in [3.05, 3.63) is 64.8 Å². The molecule has 1 aromatic carbocycles. The fourth-order valence-electron chi connectivity index (χ4n) is 1.96. The maximum Gasteiger partial charge on any atom is -0.0132 e. The minimum Gasteiger partial charge on any atom is -0.0909 e. The van der Waals surface area contributed by atoms with E-state index in [1.165, 1.54) is 27.8 Å². The van der Waals surface area contributed by atoms with E-state index >= 15 is 0 Å². The van der Waals surface area contributed by atoms with Crippen LogP contribution in [-0.2, 0) is 5.41 Å². The highest BCUT2D eigenvalue weighted by atomic mass is 14.2. The molecule has 0 radical (unpaired) electrons. The van der Waals surface area contributed by atoms with Crippen molar-refractivity contribution in [2.75, 3.05) is 0 Å². The van der Waals surface area contributed by atoms with E-state index in [0.29, 0.717) is 0 Å². The van der Waals surface area contributed by atoms with Crippen LogP contribution in [0.25, 0.3) is 5.57 Å². The molecule has 0 aliphatic rings. The summed E-state index contributed by atoms with van der Waals surface area (Å²) in [6, 6.07) is 8.73. The lowest BCUT2D eigenvalue weighted by Crippen LogP contribution is -2.11. The third-order valence-corrected chi connectivity index (χ3v) is 3.77. The first-order chi connectivity index (χ1) is 9.12. The van der Waals surface area contributed by atoms with E-state index < -0.39 is 0 Å². The summed E-state index contributed by atoms with van der Waals surface area (Å²) in [4.78, 5) is 0. The van der Waals surface area contributed by atoms with Gasteiger partial charge in [-0.1, -0.05) is 68.8 Å². The van der Waals surface area contributed by atoms with Crippen molar-refractivity contribution in [3.63, 3.8) is 0 Å². The van der Waals surface area contributed by atoms with Gasteiger partial charge in [-0.05, 0) is 55.4 Å². The van der Waals surface area contributed by atoms with Crippen LogP contribution in [-0.4, -0.2) is 0 Å². The highest BCUT2D eigenvalue weighted by molar-refractivity contribution is 5.77. The lowest BCUT2D eigenvalue weighted by atomic mass is 9.85. The van der Waals surface area contributed by atoms with Gasteiger partial charge in [0, 0.05) is 0 Å². The highest BCUT2D eigenvalue weighted by Gasteiger charge is 2.14. The Morgan fingerprint density at radius 2 is 1.65 bits per heavy atom. The molecule has 1 rings (SSSR count). The first kappa shape index (κ1) is 16.5. The predicted molar refractivity (Wildman–Crippen MR) is 92.0 cm³/mol. The molecule has 0 aromatic heterocycles. The van der Waals surface area contributed by atoms with Gasteiger partial charge in [-0.2, -0.15) is 0 Å². The molecule has 0 spiro atoms. The van der Waals surface area contributed by atoms with Gasteiger partial charge in [-0.15, -0.1) is 0 Å². The Hall–Kier alpha value is -1.56. The van der Waals surface area contributed by atoms with E-state index in [4.69, 9.17) is 0 Å². The molecule has 0 saturated carbocycles. The molecule has 0 aliphatic heterocycles. The van der Waals surface area contributed by atoms with Crippen LogP contribution in [0.1, 0.15) is 59.6 Å². The first-order valence-corrected chi connectivity index (χ1v) is 7.25. The second-order valence-corrected chi connectivity index (χ2v) is 6.82. The summed E-state index contributed by atoms with van der Waals surface area (Å²) in [5.41, 5.74) is 7.74. The first-order valence-electron chi connectivity index (χ1n) is 7.25. The van der Waals surface area contributed by atoms with Crippen LogP contribution in [0.4, 0.5) is 0 Å². The highest BCUT2D eigenvalue weighted by Crippen LogP contribution is 2.28. The van der Waals surface area contributed by atoms with Crippen LogP contribution in [0.15, 0.2) is 53.6 Å². The maximum absolute atomic E-state index is 4.27. The van der Waals surface area contributed by atoms with Crippen LogP contribution in [0, 0.1) is 0 Å². The summed E-state index contributed by atoms with van der Waals surface area (Å²) in [6.07, 6.45) is 2.22. The zero-order valence-corrected chi connectivity index (χ0v) is 14.1. The van der Waals surface area contributed by atoms with Crippen molar-refractivity contribution in [2.24, 2.45) is 0 Å². The van der Waals surface area contributed by atoms with Crippen molar-refractivity contribution in [1.29, 1.82) is 0 Å². The molecule has 0 nitrogen and oxygen atoms in total. The smallest absolute Gasteiger partial charge is 0.0132 e. The SMILES string of the molecule is C=C(/C(C)=C\C(C)=C(C)C)c1cccc(C(C)(C)C)c1. The number of hydrogen-bond acceptors (Lipinski definition) is 0. The fraction of sp³-hybridized carbons (Fsp3) is 0.400. The number of rotatable bonds is 3. The molecule has 0 amide bonds. The summed E-state index contributed by atoms with van der Waals surface area (Å²) in [7, 11) is 0. The summed E-state index contributed by atoms with van der Waals surface area (Å²) in [5.74, 6) is 0. The molecule has 0 saturated heterocycles. The van der Waals surface area contributed by atoms with Gasteiger partial charge in [-0.25, -0.2) is 0 Å². The lowest BCUT2D eigenvalue weighted by Gasteiger charge is -2.20.